The van der Waals surface area contributed by atoms with E-state index in [0.29, 0.717) is 18.7 Å². The van der Waals surface area contributed by atoms with Crippen LogP contribution in [0.5, 0.6) is 0 Å². The first-order chi connectivity index (χ1) is 14.6. The zero-order valence-electron chi connectivity index (χ0n) is 18.0. The van der Waals surface area contributed by atoms with E-state index in [1.807, 2.05) is 13.8 Å². The topological polar surface area (TPSA) is 113 Å². The first kappa shape index (κ1) is 24.7. The van der Waals surface area contributed by atoms with Crippen LogP contribution < -0.4 is 10.9 Å². The fourth-order valence-electron chi connectivity index (χ4n) is 3.04. The molecular weight excluding hydrogens is 438 g/mol. The molecule has 1 heterocycles. The SMILES string of the molecule is CCN(CC)S(=O)(=O)c1cccc(C(=O)NNC(=O)CCC(=O)c2cc(C)sc2C)c1. The Bertz CT molecular complexity index is 1070. The number of nitrogens with zero attached hydrogens (tertiary/aromatic N) is 1. The predicted molar refractivity (Wildman–Crippen MR) is 120 cm³/mol. The fraction of sp³-hybridized carbons (Fsp3) is 0.381. The highest BCUT2D eigenvalue weighted by atomic mass is 32.2. The molecule has 0 bridgehead atoms. The van der Waals surface area contributed by atoms with Gasteiger partial charge in [-0.3, -0.25) is 25.2 Å². The Morgan fingerprint density at radius 1 is 1.00 bits per heavy atom. The lowest BCUT2D eigenvalue weighted by atomic mass is 10.1. The number of rotatable bonds is 9. The minimum atomic E-state index is -3.71. The summed E-state index contributed by atoms with van der Waals surface area (Å²) < 4.78 is 26.5. The van der Waals surface area contributed by atoms with E-state index >= 15 is 0 Å². The number of ketones is 1. The van der Waals surface area contributed by atoms with Crippen molar-refractivity contribution in [3.63, 3.8) is 0 Å². The molecule has 0 unspecified atom stereocenters. The number of benzene rings is 1. The Morgan fingerprint density at radius 3 is 2.26 bits per heavy atom. The maximum atomic E-state index is 12.6. The molecule has 0 spiro atoms. The third-order valence-corrected chi connectivity index (χ3v) is 7.69. The molecule has 1 aromatic carbocycles. The van der Waals surface area contributed by atoms with Gasteiger partial charge in [0, 0.05) is 46.8 Å². The van der Waals surface area contributed by atoms with Gasteiger partial charge < -0.3 is 0 Å². The normalized spacial score (nSPS) is 11.4. The minimum Gasteiger partial charge on any atom is -0.294 e. The molecule has 2 N–H and O–H groups in total. The third-order valence-electron chi connectivity index (χ3n) is 4.68. The maximum absolute atomic E-state index is 12.6. The van der Waals surface area contributed by atoms with Crippen LogP contribution in [-0.4, -0.2) is 43.4 Å². The first-order valence-corrected chi connectivity index (χ1v) is 12.1. The third kappa shape index (κ3) is 6.22. The second kappa shape index (κ2) is 10.7. The lowest BCUT2D eigenvalue weighted by Gasteiger charge is -2.18. The van der Waals surface area contributed by atoms with E-state index in [1.165, 1.54) is 39.9 Å². The molecule has 2 rings (SSSR count). The summed E-state index contributed by atoms with van der Waals surface area (Å²) >= 11 is 1.53. The van der Waals surface area contributed by atoms with Gasteiger partial charge in [-0.1, -0.05) is 19.9 Å². The van der Waals surface area contributed by atoms with E-state index in [2.05, 4.69) is 10.9 Å². The van der Waals surface area contributed by atoms with Crippen molar-refractivity contribution in [1.82, 2.24) is 15.2 Å². The van der Waals surface area contributed by atoms with E-state index in [9.17, 15) is 22.8 Å². The molecule has 0 atom stereocenters. The Kier molecular flexibility index (Phi) is 8.49. The predicted octanol–water partition coefficient (Wildman–Crippen LogP) is 2.82. The largest absolute Gasteiger partial charge is 0.294 e. The van der Waals surface area contributed by atoms with Gasteiger partial charge in [0.1, 0.15) is 0 Å². The van der Waals surface area contributed by atoms with Gasteiger partial charge in [0.25, 0.3) is 5.91 Å². The van der Waals surface area contributed by atoms with Gasteiger partial charge >= 0.3 is 0 Å². The molecule has 10 heteroatoms. The van der Waals surface area contributed by atoms with Crippen molar-refractivity contribution < 1.29 is 22.8 Å². The number of carbonyl (C=O) groups excluding carboxylic acids is 3. The standard InChI is InChI=1S/C21H27N3O5S2/c1-5-24(6-2)31(28,29)17-9-7-8-16(13-17)21(27)23-22-20(26)11-10-19(25)18-12-14(3)30-15(18)4/h7-9,12-13H,5-6,10-11H2,1-4H3,(H,22,26)(H,23,27). The van der Waals surface area contributed by atoms with Gasteiger partial charge in [0.2, 0.25) is 15.9 Å². The lowest BCUT2D eigenvalue weighted by molar-refractivity contribution is -0.121. The molecule has 0 radical (unpaired) electrons. The number of thiophene rings is 1. The van der Waals surface area contributed by atoms with Gasteiger partial charge in [0.05, 0.1) is 4.90 Å². The monoisotopic (exact) mass is 465 g/mol. The number of Topliss-reactive ketones (excluding diaryl/α,β-unsaturated/α-hetero) is 1. The number of hydrogen-bond acceptors (Lipinski definition) is 6. The number of amides is 2. The summed E-state index contributed by atoms with van der Waals surface area (Å²) in [6.45, 7) is 7.87. The highest BCUT2D eigenvalue weighted by Crippen LogP contribution is 2.22. The minimum absolute atomic E-state index is 0.00204. The molecule has 0 saturated heterocycles. The van der Waals surface area contributed by atoms with E-state index in [-0.39, 0.29) is 29.1 Å². The van der Waals surface area contributed by atoms with Crippen LogP contribution in [0.15, 0.2) is 35.2 Å². The maximum Gasteiger partial charge on any atom is 0.269 e. The molecule has 2 amide bonds. The number of sulfonamides is 1. The molecule has 2 aromatic rings. The highest BCUT2D eigenvalue weighted by molar-refractivity contribution is 7.89. The van der Waals surface area contributed by atoms with Crippen molar-refractivity contribution in [3.05, 3.63) is 51.2 Å². The summed E-state index contributed by atoms with van der Waals surface area (Å²) in [5.41, 5.74) is 5.23. The van der Waals surface area contributed by atoms with Crippen molar-refractivity contribution >= 4 is 39.0 Å². The van der Waals surface area contributed by atoms with Gasteiger partial charge in [-0.25, -0.2) is 8.42 Å². The van der Waals surface area contributed by atoms with Crippen LogP contribution in [0.4, 0.5) is 0 Å². The van der Waals surface area contributed by atoms with Crippen LogP contribution in [0, 0.1) is 13.8 Å². The Hall–Kier alpha value is -2.56. The quantitative estimate of drug-likeness (QED) is 0.437. The van der Waals surface area contributed by atoms with E-state index in [1.54, 1.807) is 19.9 Å². The molecule has 0 aliphatic heterocycles. The summed E-state index contributed by atoms with van der Waals surface area (Å²) in [5, 5.41) is 0. The molecule has 1 aromatic heterocycles. The number of carbonyl (C=O) groups is 3. The van der Waals surface area contributed by atoms with Crippen LogP contribution in [0.2, 0.25) is 0 Å². The lowest BCUT2D eigenvalue weighted by Crippen LogP contribution is -2.41. The van der Waals surface area contributed by atoms with Crippen LogP contribution in [0.3, 0.4) is 0 Å². The number of aryl methyl sites for hydroxylation is 2. The van der Waals surface area contributed by atoms with Crippen LogP contribution >= 0.6 is 11.3 Å². The van der Waals surface area contributed by atoms with Gasteiger partial charge in [0.15, 0.2) is 5.78 Å². The van der Waals surface area contributed by atoms with Gasteiger partial charge in [-0.15, -0.1) is 11.3 Å². The summed E-state index contributed by atoms with van der Waals surface area (Å²) in [6, 6.07) is 7.41. The smallest absolute Gasteiger partial charge is 0.269 e. The van der Waals surface area contributed by atoms with Crippen LogP contribution in [0.1, 0.15) is 57.2 Å². The average molecular weight is 466 g/mol. The summed E-state index contributed by atoms with van der Waals surface area (Å²) in [7, 11) is -3.71. The highest BCUT2D eigenvalue weighted by Gasteiger charge is 2.22. The Morgan fingerprint density at radius 2 is 1.68 bits per heavy atom. The second-order valence-electron chi connectivity index (χ2n) is 6.87. The number of hydrogen-bond donors (Lipinski definition) is 2. The van der Waals surface area contributed by atoms with Crippen molar-refractivity contribution in [2.24, 2.45) is 0 Å². The van der Waals surface area contributed by atoms with Crippen molar-refractivity contribution in [2.75, 3.05) is 13.1 Å². The van der Waals surface area contributed by atoms with Gasteiger partial charge in [-0.05, 0) is 38.1 Å². The molecule has 168 valence electrons. The molecule has 0 aliphatic rings. The molecular formula is C21H27N3O5S2. The zero-order valence-corrected chi connectivity index (χ0v) is 19.7. The van der Waals surface area contributed by atoms with Crippen LogP contribution in [-0.2, 0) is 14.8 Å². The first-order valence-electron chi connectivity index (χ1n) is 9.89. The molecule has 31 heavy (non-hydrogen) atoms. The van der Waals surface area contributed by atoms with E-state index in [0.717, 1.165) is 9.75 Å². The Balaban J connectivity index is 1.94. The van der Waals surface area contributed by atoms with E-state index < -0.39 is 21.8 Å². The van der Waals surface area contributed by atoms with Crippen molar-refractivity contribution in [1.29, 1.82) is 0 Å². The Labute approximate surface area is 186 Å². The summed E-state index contributed by atoms with van der Waals surface area (Å²) in [6.07, 6.45) is -0.0554. The van der Waals surface area contributed by atoms with Gasteiger partial charge in [-0.2, -0.15) is 4.31 Å². The van der Waals surface area contributed by atoms with Crippen molar-refractivity contribution in [3.8, 4) is 0 Å². The van der Waals surface area contributed by atoms with E-state index in [4.69, 9.17) is 0 Å². The van der Waals surface area contributed by atoms with Crippen molar-refractivity contribution in [2.45, 2.75) is 45.4 Å². The molecule has 8 nitrogen and oxygen atoms in total. The second-order valence-corrected chi connectivity index (χ2v) is 10.3. The summed E-state index contributed by atoms with van der Waals surface area (Å²) in [5.74, 6) is -1.29. The average Bonchev–Trinajstić information content (AvgIpc) is 3.09. The number of nitrogens with one attached hydrogen (secondary N) is 2. The zero-order chi connectivity index (χ0) is 23.2. The van der Waals surface area contributed by atoms with Crippen LogP contribution in [0.25, 0.3) is 0 Å². The molecule has 0 aliphatic carbocycles. The fourth-order valence-corrected chi connectivity index (χ4v) is 5.49. The molecule has 0 saturated carbocycles. The summed E-state index contributed by atoms with van der Waals surface area (Å²) in [4.78, 5) is 38.6. The number of hydrazine groups is 1. The molecule has 0 fully saturated rings.